The summed E-state index contributed by atoms with van der Waals surface area (Å²) in [5, 5.41) is 1.04. The average Bonchev–Trinajstić information content (AvgIpc) is 2.29. The van der Waals surface area contributed by atoms with Crippen LogP contribution in [0.25, 0.3) is 10.9 Å². The number of hydrogen-bond donors (Lipinski definition) is 1. The zero-order valence-corrected chi connectivity index (χ0v) is 10.6. The van der Waals surface area contributed by atoms with Gasteiger partial charge in [0.15, 0.2) is 0 Å². The molecule has 0 radical (unpaired) electrons. The van der Waals surface area contributed by atoms with Crippen LogP contribution in [-0.2, 0) is 0 Å². The van der Waals surface area contributed by atoms with Gasteiger partial charge in [-0.3, -0.25) is 0 Å². The highest BCUT2D eigenvalue weighted by atomic mass is 32.1. The predicted molar refractivity (Wildman–Crippen MR) is 73.4 cm³/mol. The number of nitrogens with two attached hydrogens (primary N) is 1. The van der Waals surface area contributed by atoms with E-state index in [1.807, 2.05) is 44.2 Å². The molecule has 2 N–H and O–H groups in total. The molecule has 0 saturated carbocycles. The van der Waals surface area contributed by atoms with Crippen molar-refractivity contribution in [1.29, 1.82) is 0 Å². The molecule has 0 bridgehead atoms. The summed E-state index contributed by atoms with van der Waals surface area (Å²) in [6.07, 6.45) is -0.294. The summed E-state index contributed by atoms with van der Waals surface area (Å²) in [7, 11) is 0. The van der Waals surface area contributed by atoms with E-state index in [1.165, 1.54) is 0 Å². The van der Waals surface area contributed by atoms with Gasteiger partial charge in [0.05, 0.1) is 0 Å². The van der Waals surface area contributed by atoms with E-state index < -0.39 is 0 Å². The molecular weight excluding hydrogens is 232 g/mol. The van der Waals surface area contributed by atoms with Crippen molar-refractivity contribution in [2.75, 3.05) is 0 Å². The molecule has 0 amide bonds. The lowest BCUT2D eigenvalue weighted by Crippen LogP contribution is -2.29. The summed E-state index contributed by atoms with van der Waals surface area (Å²) in [4.78, 5) is 4.82. The summed E-state index contributed by atoms with van der Waals surface area (Å²) in [5.74, 6) is 0.714. The highest BCUT2D eigenvalue weighted by molar-refractivity contribution is 7.80. The summed E-state index contributed by atoms with van der Waals surface area (Å²) in [6, 6.07) is 9.81. The topological polar surface area (TPSA) is 48.1 Å². The number of benzene rings is 1. The van der Waals surface area contributed by atoms with Crippen LogP contribution in [0.1, 0.15) is 12.6 Å². The fraction of sp³-hybridized carbons (Fsp3) is 0.231. The number of thiocarbonyl (C=S) groups is 1. The van der Waals surface area contributed by atoms with Crippen molar-refractivity contribution < 1.29 is 4.74 Å². The van der Waals surface area contributed by atoms with Crippen molar-refractivity contribution in [2.45, 2.75) is 20.0 Å². The molecule has 3 nitrogen and oxygen atoms in total. The molecule has 0 saturated heterocycles. The Balaban J connectivity index is 2.46. The molecule has 1 aromatic heterocycles. The lowest BCUT2D eigenvalue weighted by molar-refractivity contribution is 0.291. The molecule has 4 heteroatoms. The maximum absolute atomic E-state index is 5.72. The second-order valence-corrected chi connectivity index (χ2v) is 4.41. The van der Waals surface area contributed by atoms with Gasteiger partial charge in [-0.1, -0.05) is 30.4 Å². The Morgan fingerprint density at radius 1 is 1.35 bits per heavy atom. The minimum absolute atomic E-state index is 0.294. The zero-order valence-electron chi connectivity index (χ0n) is 9.81. The van der Waals surface area contributed by atoms with Gasteiger partial charge in [-0.2, -0.15) is 0 Å². The zero-order chi connectivity index (χ0) is 12.4. The number of nitrogens with zero attached hydrogens (tertiary/aromatic N) is 1. The van der Waals surface area contributed by atoms with Crippen LogP contribution in [0.4, 0.5) is 0 Å². The Morgan fingerprint density at radius 3 is 2.82 bits per heavy atom. The molecule has 1 aromatic carbocycles. The molecule has 0 aliphatic rings. The molecule has 2 aromatic rings. The van der Waals surface area contributed by atoms with Gasteiger partial charge < -0.3 is 10.5 Å². The van der Waals surface area contributed by atoms with Crippen molar-refractivity contribution in [2.24, 2.45) is 5.73 Å². The molecule has 1 unspecified atom stereocenters. The summed E-state index contributed by atoms with van der Waals surface area (Å²) >= 11 is 4.90. The average molecular weight is 246 g/mol. The third-order valence-corrected chi connectivity index (χ3v) is 2.86. The van der Waals surface area contributed by atoms with E-state index in [1.54, 1.807) is 0 Å². The van der Waals surface area contributed by atoms with E-state index in [2.05, 4.69) is 4.98 Å². The van der Waals surface area contributed by atoms with Crippen LogP contribution < -0.4 is 10.5 Å². The smallest absolute Gasteiger partial charge is 0.146 e. The van der Waals surface area contributed by atoms with Crippen molar-refractivity contribution in [3.05, 3.63) is 36.0 Å². The van der Waals surface area contributed by atoms with Crippen molar-refractivity contribution in [3.8, 4) is 5.75 Å². The van der Waals surface area contributed by atoms with Crippen LogP contribution in [-0.4, -0.2) is 16.1 Å². The minimum Gasteiger partial charge on any atom is -0.481 e. The van der Waals surface area contributed by atoms with Crippen molar-refractivity contribution in [1.82, 2.24) is 4.98 Å². The molecule has 0 spiro atoms. The highest BCUT2D eigenvalue weighted by Gasteiger charge is 2.10. The summed E-state index contributed by atoms with van der Waals surface area (Å²) in [5.41, 5.74) is 7.34. The third-order valence-electron chi connectivity index (χ3n) is 2.53. The predicted octanol–water partition coefficient (Wildman–Crippen LogP) is 2.60. The third kappa shape index (κ3) is 2.53. The van der Waals surface area contributed by atoms with Gasteiger partial charge in [-0.05, 0) is 26.0 Å². The van der Waals surface area contributed by atoms with E-state index in [4.69, 9.17) is 22.7 Å². The summed E-state index contributed by atoms with van der Waals surface area (Å²) < 4.78 is 5.72. The van der Waals surface area contributed by atoms with E-state index in [0.717, 1.165) is 16.6 Å². The number of para-hydroxylation sites is 1. The highest BCUT2D eigenvalue weighted by Crippen LogP contribution is 2.24. The lowest BCUT2D eigenvalue weighted by atomic mass is 10.2. The van der Waals surface area contributed by atoms with Gasteiger partial charge in [-0.25, -0.2) is 4.98 Å². The van der Waals surface area contributed by atoms with Gasteiger partial charge in [0.2, 0.25) is 0 Å². The first kappa shape index (κ1) is 11.8. The van der Waals surface area contributed by atoms with Crippen LogP contribution in [0.5, 0.6) is 5.75 Å². The van der Waals surface area contributed by atoms with Crippen LogP contribution >= 0.6 is 12.2 Å². The van der Waals surface area contributed by atoms with Gasteiger partial charge in [0, 0.05) is 11.1 Å². The van der Waals surface area contributed by atoms with E-state index in [-0.39, 0.29) is 6.10 Å². The number of ether oxygens (including phenoxy) is 1. The second-order valence-electron chi connectivity index (χ2n) is 3.94. The SMILES string of the molecule is Cc1ccc2cccc(OC(C)C(N)=S)c2n1. The number of rotatable bonds is 3. The molecule has 1 atom stereocenters. The number of fused-ring (bicyclic) bond motifs is 1. The van der Waals surface area contributed by atoms with Crippen molar-refractivity contribution in [3.63, 3.8) is 0 Å². The second kappa shape index (κ2) is 4.67. The Hall–Kier alpha value is -1.68. The Labute approximate surface area is 106 Å². The standard InChI is InChI=1S/C13H14N2OS/c1-8-6-7-10-4-3-5-11(12(10)15-8)16-9(2)13(14)17/h3-7,9H,1-2H3,(H2,14,17). The largest absolute Gasteiger partial charge is 0.481 e. The molecule has 0 fully saturated rings. The number of aromatic nitrogens is 1. The van der Waals surface area contributed by atoms with Crippen LogP contribution in [0.3, 0.4) is 0 Å². The lowest BCUT2D eigenvalue weighted by Gasteiger charge is -2.14. The fourth-order valence-electron chi connectivity index (χ4n) is 1.56. The van der Waals surface area contributed by atoms with Crippen LogP contribution in [0.2, 0.25) is 0 Å². The van der Waals surface area contributed by atoms with Gasteiger partial charge in [0.25, 0.3) is 0 Å². The van der Waals surface area contributed by atoms with Gasteiger partial charge >= 0.3 is 0 Å². The molecule has 0 aliphatic carbocycles. The minimum atomic E-state index is -0.294. The maximum Gasteiger partial charge on any atom is 0.146 e. The van der Waals surface area contributed by atoms with Crippen LogP contribution in [0.15, 0.2) is 30.3 Å². The first-order chi connectivity index (χ1) is 8.08. The Morgan fingerprint density at radius 2 is 2.12 bits per heavy atom. The number of aryl methyl sites for hydroxylation is 1. The molecule has 2 rings (SSSR count). The van der Waals surface area contributed by atoms with E-state index in [0.29, 0.717) is 10.7 Å². The fourth-order valence-corrected chi connectivity index (χ4v) is 1.61. The molecule has 0 aliphatic heterocycles. The monoisotopic (exact) mass is 246 g/mol. The quantitative estimate of drug-likeness (QED) is 0.846. The molecule has 1 heterocycles. The first-order valence-electron chi connectivity index (χ1n) is 5.40. The van der Waals surface area contributed by atoms with Gasteiger partial charge in [-0.15, -0.1) is 0 Å². The van der Waals surface area contributed by atoms with E-state index in [9.17, 15) is 0 Å². The molecular formula is C13H14N2OS. The molecule has 17 heavy (non-hydrogen) atoms. The number of hydrogen-bond acceptors (Lipinski definition) is 3. The van der Waals surface area contributed by atoms with Crippen LogP contribution in [0, 0.1) is 6.92 Å². The number of pyridine rings is 1. The molecule has 88 valence electrons. The summed E-state index contributed by atoms with van der Waals surface area (Å²) in [6.45, 7) is 3.78. The first-order valence-corrected chi connectivity index (χ1v) is 5.81. The maximum atomic E-state index is 5.72. The van der Waals surface area contributed by atoms with Gasteiger partial charge in [0.1, 0.15) is 22.4 Å². The normalized spacial score (nSPS) is 12.4. The Bertz CT molecular complexity index is 568. The van der Waals surface area contributed by atoms with Crippen molar-refractivity contribution >= 4 is 28.1 Å². The van der Waals surface area contributed by atoms with E-state index >= 15 is 0 Å². The Kier molecular flexibility index (Phi) is 3.24.